The summed E-state index contributed by atoms with van der Waals surface area (Å²) in [5.74, 6) is 0.675. The first-order valence-electron chi connectivity index (χ1n) is 7.27. The number of anilines is 2. The van der Waals surface area contributed by atoms with Crippen molar-refractivity contribution in [1.29, 1.82) is 0 Å². The van der Waals surface area contributed by atoms with Gasteiger partial charge in [-0.1, -0.05) is 19.1 Å². The van der Waals surface area contributed by atoms with Gasteiger partial charge in [0.2, 0.25) is 10.0 Å². The van der Waals surface area contributed by atoms with E-state index in [1.807, 2.05) is 24.3 Å². The number of rotatable bonds is 6. The number of sulfonamides is 1. The predicted octanol–water partition coefficient (Wildman–Crippen LogP) is 2.80. The van der Waals surface area contributed by atoms with Gasteiger partial charge in [-0.2, -0.15) is 0 Å². The summed E-state index contributed by atoms with van der Waals surface area (Å²) in [6.45, 7) is 2.07. The zero-order valence-electron chi connectivity index (χ0n) is 13.4. The Morgan fingerprint density at radius 1 is 1.08 bits per heavy atom. The Hall–Kier alpha value is -2.16. The average molecular weight is 365 g/mol. The molecule has 6 nitrogen and oxygen atoms in total. The van der Waals surface area contributed by atoms with Crippen LogP contribution in [-0.4, -0.2) is 27.2 Å². The minimum Gasteiger partial charge on any atom is -0.495 e. The second-order valence-electron chi connectivity index (χ2n) is 4.81. The first-order chi connectivity index (χ1) is 11.5. The van der Waals surface area contributed by atoms with E-state index in [0.717, 1.165) is 5.69 Å². The van der Waals surface area contributed by atoms with E-state index in [0.29, 0.717) is 23.1 Å². The number of thiocarbonyl (C=S) groups is 1. The summed E-state index contributed by atoms with van der Waals surface area (Å²) in [5.41, 5.74) is 1.42. The SMILES string of the molecule is CCNS(=O)(=O)c1ccc(NC(=S)Nc2ccccc2OC)cc1. The van der Waals surface area contributed by atoms with Gasteiger partial charge < -0.3 is 15.4 Å². The quantitative estimate of drug-likeness (QED) is 0.683. The molecule has 0 fully saturated rings. The highest BCUT2D eigenvalue weighted by molar-refractivity contribution is 7.89. The minimum atomic E-state index is -3.46. The Morgan fingerprint density at radius 3 is 2.38 bits per heavy atom. The van der Waals surface area contributed by atoms with Gasteiger partial charge in [0.05, 0.1) is 17.7 Å². The van der Waals surface area contributed by atoms with Crippen LogP contribution < -0.4 is 20.1 Å². The number of hydrogen-bond donors (Lipinski definition) is 3. The molecule has 0 aliphatic rings. The number of methoxy groups -OCH3 is 1. The van der Waals surface area contributed by atoms with E-state index in [4.69, 9.17) is 17.0 Å². The molecule has 0 spiro atoms. The molecule has 0 saturated heterocycles. The van der Waals surface area contributed by atoms with Crippen LogP contribution in [0.4, 0.5) is 11.4 Å². The lowest BCUT2D eigenvalue weighted by molar-refractivity contribution is 0.417. The molecule has 0 aliphatic carbocycles. The van der Waals surface area contributed by atoms with Crippen molar-refractivity contribution in [2.24, 2.45) is 0 Å². The normalized spacial score (nSPS) is 10.9. The molecule has 2 aromatic carbocycles. The van der Waals surface area contributed by atoms with Gasteiger partial charge in [0.1, 0.15) is 5.75 Å². The standard InChI is InChI=1S/C16H19N3O3S2/c1-3-17-24(20,21)13-10-8-12(9-11-13)18-16(23)19-14-6-4-5-7-15(14)22-2/h4-11,17H,3H2,1-2H3,(H2,18,19,23). The average Bonchev–Trinajstić information content (AvgIpc) is 2.55. The molecule has 8 heteroatoms. The van der Waals surface area contributed by atoms with Crippen LogP contribution in [-0.2, 0) is 10.0 Å². The minimum absolute atomic E-state index is 0.207. The van der Waals surface area contributed by atoms with E-state index in [9.17, 15) is 8.42 Å². The Kier molecular flexibility index (Phi) is 6.13. The molecule has 0 atom stereocenters. The second-order valence-corrected chi connectivity index (χ2v) is 6.98. The maximum atomic E-state index is 11.9. The van der Waals surface area contributed by atoms with Crippen molar-refractivity contribution < 1.29 is 13.2 Å². The van der Waals surface area contributed by atoms with E-state index in [1.54, 1.807) is 26.2 Å². The van der Waals surface area contributed by atoms with Gasteiger partial charge in [0.25, 0.3) is 0 Å². The van der Waals surface area contributed by atoms with Crippen LogP contribution in [0, 0.1) is 0 Å². The third-order valence-electron chi connectivity index (χ3n) is 3.11. The molecule has 0 bridgehead atoms. The van der Waals surface area contributed by atoms with Gasteiger partial charge in [-0.25, -0.2) is 13.1 Å². The van der Waals surface area contributed by atoms with Crippen molar-refractivity contribution in [3.8, 4) is 5.75 Å². The smallest absolute Gasteiger partial charge is 0.240 e. The lowest BCUT2D eigenvalue weighted by Crippen LogP contribution is -2.23. The van der Waals surface area contributed by atoms with Crippen molar-refractivity contribution in [2.45, 2.75) is 11.8 Å². The Balaban J connectivity index is 2.05. The molecule has 0 aliphatic heterocycles. The largest absolute Gasteiger partial charge is 0.495 e. The fraction of sp³-hybridized carbons (Fsp3) is 0.188. The fourth-order valence-corrected chi connectivity index (χ4v) is 3.29. The first-order valence-corrected chi connectivity index (χ1v) is 9.16. The van der Waals surface area contributed by atoms with Crippen LogP contribution in [0.2, 0.25) is 0 Å². The van der Waals surface area contributed by atoms with E-state index in [1.165, 1.54) is 12.1 Å². The summed E-state index contributed by atoms with van der Waals surface area (Å²) < 4.78 is 31.5. The first kappa shape index (κ1) is 18.2. The molecule has 0 aromatic heterocycles. The molecular formula is C16H19N3O3S2. The molecule has 2 aromatic rings. The van der Waals surface area contributed by atoms with Gasteiger partial charge >= 0.3 is 0 Å². The van der Waals surface area contributed by atoms with Gasteiger partial charge in [-0.3, -0.25) is 0 Å². The predicted molar refractivity (Wildman–Crippen MR) is 100 cm³/mol. The molecule has 0 radical (unpaired) electrons. The topological polar surface area (TPSA) is 79.5 Å². The molecule has 24 heavy (non-hydrogen) atoms. The van der Waals surface area contributed by atoms with Crippen molar-refractivity contribution >= 4 is 38.7 Å². The van der Waals surface area contributed by atoms with Crippen LogP contribution in [0.15, 0.2) is 53.4 Å². The summed E-state index contributed by atoms with van der Waals surface area (Å²) in [7, 11) is -1.87. The van der Waals surface area contributed by atoms with Crippen molar-refractivity contribution in [3.63, 3.8) is 0 Å². The van der Waals surface area contributed by atoms with Crippen LogP contribution >= 0.6 is 12.2 Å². The summed E-state index contributed by atoms with van der Waals surface area (Å²) in [6, 6.07) is 13.8. The van der Waals surface area contributed by atoms with Gasteiger partial charge in [-0.15, -0.1) is 0 Å². The lowest BCUT2D eigenvalue weighted by atomic mass is 10.3. The number of nitrogens with one attached hydrogen (secondary N) is 3. The number of ether oxygens (including phenoxy) is 1. The zero-order chi connectivity index (χ0) is 17.6. The second kappa shape index (κ2) is 8.09. The molecular weight excluding hydrogens is 346 g/mol. The molecule has 0 amide bonds. The molecule has 2 rings (SSSR count). The number of hydrogen-bond acceptors (Lipinski definition) is 4. The molecule has 0 unspecified atom stereocenters. The highest BCUT2D eigenvalue weighted by atomic mass is 32.2. The summed E-state index contributed by atoms with van der Waals surface area (Å²) in [4.78, 5) is 0.207. The third-order valence-corrected chi connectivity index (χ3v) is 4.88. The van der Waals surface area contributed by atoms with E-state index in [-0.39, 0.29) is 4.90 Å². The molecule has 0 heterocycles. The van der Waals surface area contributed by atoms with Crippen molar-refractivity contribution in [2.75, 3.05) is 24.3 Å². The molecule has 3 N–H and O–H groups in total. The Labute approximate surface area is 147 Å². The number of para-hydroxylation sites is 2. The maximum absolute atomic E-state index is 11.9. The Bertz CT molecular complexity index is 806. The van der Waals surface area contributed by atoms with Gasteiger partial charge in [0.15, 0.2) is 5.11 Å². The van der Waals surface area contributed by atoms with Crippen LogP contribution in [0.25, 0.3) is 0 Å². The zero-order valence-corrected chi connectivity index (χ0v) is 15.0. The maximum Gasteiger partial charge on any atom is 0.240 e. The van der Waals surface area contributed by atoms with E-state index in [2.05, 4.69) is 15.4 Å². The van der Waals surface area contributed by atoms with Gasteiger partial charge in [0, 0.05) is 12.2 Å². The highest BCUT2D eigenvalue weighted by Crippen LogP contribution is 2.23. The third kappa shape index (κ3) is 4.67. The van der Waals surface area contributed by atoms with Gasteiger partial charge in [-0.05, 0) is 48.6 Å². The van der Waals surface area contributed by atoms with Crippen LogP contribution in [0.3, 0.4) is 0 Å². The van der Waals surface area contributed by atoms with Crippen LogP contribution in [0.5, 0.6) is 5.75 Å². The lowest BCUT2D eigenvalue weighted by Gasteiger charge is -2.13. The van der Waals surface area contributed by atoms with E-state index < -0.39 is 10.0 Å². The highest BCUT2D eigenvalue weighted by Gasteiger charge is 2.12. The monoisotopic (exact) mass is 365 g/mol. The summed E-state index contributed by atoms with van der Waals surface area (Å²) >= 11 is 5.27. The molecule has 0 saturated carbocycles. The summed E-state index contributed by atoms with van der Waals surface area (Å²) in [6.07, 6.45) is 0. The van der Waals surface area contributed by atoms with Crippen LogP contribution in [0.1, 0.15) is 6.92 Å². The Morgan fingerprint density at radius 2 is 1.75 bits per heavy atom. The fourth-order valence-electron chi connectivity index (χ4n) is 2.02. The number of benzene rings is 2. The molecule has 128 valence electrons. The van der Waals surface area contributed by atoms with Crippen molar-refractivity contribution in [3.05, 3.63) is 48.5 Å². The van der Waals surface area contributed by atoms with Crippen molar-refractivity contribution in [1.82, 2.24) is 4.72 Å². The summed E-state index contributed by atoms with van der Waals surface area (Å²) in [5, 5.41) is 6.42. The van der Waals surface area contributed by atoms with E-state index >= 15 is 0 Å².